The fourth-order valence-corrected chi connectivity index (χ4v) is 2.65. The Bertz CT molecular complexity index is 278. The molecule has 0 aromatic rings. The number of carbonyl (C=O) groups is 2. The highest BCUT2D eigenvalue weighted by Crippen LogP contribution is 2.33. The molecule has 0 aliphatic heterocycles. The lowest BCUT2D eigenvalue weighted by Crippen LogP contribution is -2.16. The summed E-state index contributed by atoms with van der Waals surface area (Å²) in [6.45, 7) is 0. The van der Waals surface area contributed by atoms with Gasteiger partial charge in [0.25, 0.3) is 0 Å². The number of Topliss-reactive ketones (excluding diaryl/α,β-unsaturated/α-hetero) is 2. The SMILES string of the molecule is O=C1C(O)=C(I)C(=O)C(I)=C1I. The van der Waals surface area contributed by atoms with Crippen LogP contribution in [-0.4, -0.2) is 16.7 Å². The van der Waals surface area contributed by atoms with Gasteiger partial charge in [-0.2, -0.15) is 0 Å². The van der Waals surface area contributed by atoms with Crippen LogP contribution in [-0.2, 0) is 9.59 Å². The molecule has 0 fully saturated rings. The van der Waals surface area contributed by atoms with Crippen molar-refractivity contribution in [1.29, 1.82) is 0 Å². The number of ketones is 2. The van der Waals surface area contributed by atoms with Crippen molar-refractivity contribution in [2.75, 3.05) is 0 Å². The standard InChI is InChI=1S/C6HI3O3/c7-1-2(8)5(11)6(12)3(9)4(1)10/h12H. The maximum atomic E-state index is 11.2. The van der Waals surface area contributed by atoms with Crippen LogP contribution in [0, 0.1) is 0 Å². The molecule has 0 atom stereocenters. The summed E-state index contributed by atoms with van der Waals surface area (Å²) in [5, 5.41) is 9.16. The van der Waals surface area contributed by atoms with Crippen LogP contribution >= 0.6 is 67.8 Å². The molecule has 0 aromatic carbocycles. The third kappa shape index (κ3) is 1.69. The zero-order valence-corrected chi connectivity index (χ0v) is 11.9. The lowest BCUT2D eigenvalue weighted by molar-refractivity contribution is -0.116. The number of allylic oxidation sites excluding steroid dienone is 3. The van der Waals surface area contributed by atoms with Gasteiger partial charge in [-0.25, -0.2) is 0 Å². The van der Waals surface area contributed by atoms with Crippen LogP contribution in [0.3, 0.4) is 0 Å². The molecule has 0 saturated heterocycles. The van der Waals surface area contributed by atoms with Gasteiger partial charge in [-0.15, -0.1) is 0 Å². The first-order chi connectivity index (χ1) is 5.46. The number of hydrogen-bond donors (Lipinski definition) is 1. The summed E-state index contributed by atoms with van der Waals surface area (Å²) in [5.41, 5.74) is 0. The minimum absolute atomic E-state index is 0.0995. The molecule has 0 unspecified atom stereocenters. The molecule has 0 radical (unpaired) electrons. The molecular formula is C6HI3O3. The van der Waals surface area contributed by atoms with E-state index >= 15 is 0 Å². The Hall–Kier alpha value is 0.810. The van der Waals surface area contributed by atoms with Crippen LogP contribution in [0.1, 0.15) is 0 Å². The molecule has 1 rings (SSSR count). The van der Waals surface area contributed by atoms with Crippen LogP contribution in [0.25, 0.3) is 0 Å². The Morgan fingerprint density at radius 2 is 1.25 bits per heavy atom. The Morgan fingerprint density at radius 3 is 1.75 bits per heavy atom. The predicted molar refractivity (Wildman–Crippen MR) is 68.8 cm³/mol. The average molecular weight is 502 g/mol. The van der Waals surface area contributed by atoms with E-state index in [4.69, 9.17) is 5.11 Å². The molecule has 0 aromatic heterocycles. The molecule has 0 heterocycles. The van der Waals surface area contributed by atoms with Crippen molar-refractivity contribution in [2.45, 2.75) is 0 Å². The van der Waals surface area contributed by atoms with E-state index in [9.17, 15) is 9.59 Å². The number of aliphatic hydroxyl groups is 1. The van der Waals surface area contributed by atoms with Gasteiger partial charge in [0.1, 0.15) is 3.58 Å². The quantitative estimate of drug-likeness (QED) is 0.410. The molecule has 64 valence electrons. The van der Waals surface area contributed by atoms with Crippen molar-refractivity contribution < 1.29 is 14.7 Å². The Labute approximate surface area is 109 Å². The summed E-state index contributed by atoms with van der Waals surface area (Å²) < 4.78 is 0.763. The maximum absolute atomic E-state index is 11.2. The van der Waals surface area contributed by atoms with Gasteiger partial charge >= 0.3 is 0 Å². The highest BCUT2D eigenvalue weighted by molar-refractivity contribution is 14.1. The molecule has 12 heavy (non-hydrogen) atoms. The Morgan fingerprint density at radius 1 is 0.833 bits per heavy atom. The topological polar surface area (TPSA) is 54.4 Å². The number of carbonyl (C=O) groups excluding carboxylic acids is 2. The minimum Gasteiger partial charge on any atom is -0.503 e. The number of hydrogen-bond acceptors (Lipinski definition) is 3. The third-order valence-corrected chi connectivity index (χ3v) is 5.31. The highest BCUT2D eigenvalue weighted by Gasteiger charge is 2.30. The van der Waals surface area contributed by atoms with E-state index in [1.807, 2.05) is 0 Å². The number of halogens is 3. The first-order valence-electron chi connectivity index (χ1n) is 2.70. The van der Waals surface area contributed by atoms with Crippen molar-refractivity contribution in [2.24, 2.45) is 0 Å². The van der Waals surface area contributed by atoms with Gasteiger partial charge in [0.15, 0.2) is 5.76 Å². The molecule has 1 aliphatic carbocycles. The second kappa shape index (κ2) is 3.90. The fraction of sp³-hybridized carbons (Fsp3) is 0. The molecule has 1 N–H and O–H groups in total. The normalized spacial score (nSPS) is 19.2. The van der Waals surface area contributed by atoms with Crippen LogP contribution in [0.15, 0.2) is 16.5 Å². The molecule has 0 amide bonds. The van der Waals surface area contributed by atoms with Crippen LogP contribution < -0.4 is 0 Å². The second-order valence-corrected chi connectivity index (χ2v) is 5.19. The predicted octanol–water partition coefficient (Wildman–Crippen LogP) is 2.42. The zero-order valence-electron chi connectivity index (χ0n) is 5.40. The fourth-order valence-electron chi connectivity index (χ4n) is 0.607. The Kier molecular flexibility index (Phi) is 3.54. The summed E-state index contributed by atoms with van der Waals surface area (Å²) in [6.07, 6.45) is 0. The smallest absolute Gasteiger partial charge is 0.235 e. The van der Waals surface area contributed by atoms with Gasteiger partial charge in [0.05, 0.1) is 7.16 Å². The van der Waals surface area contributed by atoms with Gasteiger partial charge in [-0.1, -0.05) is 0 Å². The van der Waals surface area contributed by atoms with Gasteiger partial charge in [-0.3, -0.25) is 9.59 Å². The van der Waals surface area contributed by atoms with Crippen molar-refractivity contribution >= 4 is 79.3 Å². The van der Waals surface area contributed by atoms with E-state index in [2.05, 4.69) is 0 Å². The number of aliphatic hydroxyl groups excluding tert-OH is 1. The van der Waals surface area contributed by atoms with E-state index < -0.39 is 11.5 Å². The first kappa shape index (κ1) is 10.9. The maximum Gasteiger partial charge on any atom is 0.235 e. The van der Waals surface area contributed by atoms with Crippen molar-refractivity contribution in [3.05, 3.63) is 16.5 Å². The summed E-state index contributed by atoms with van der Waals surface area (Å²) >= 11 is 5.22. The number of rotatable bonds is 0. The molecule has 0 spiro atoms. The van der Waals surface area contributed by atoms with Gasteiger partial charge in [0.2, 0.25) is 11.6 Å². The highest BCUT2D eigenvalue weighted by atomic mass is 127. The van der Waals surface area contributed by atoms with Crippen molar-refractivity contribution in [1.82, 2.24) is 0 Å². The molecule has 6 heteroatoms. The van der Waals surface area contributed by atoms with Gasteiger partial charge in [0, 0.05) is 0 Å². The Balaban J connectivity index is 3.32. The zero-order chi connectivity index (χ0) is 9.46. The summed E-state index contributed by atoms with van der Waals surface area (Å²) in [5.74, 6) is -1.19. The van der Waals surface area contributed by atoms with E-state index in [1.165, 1.54) is 0 Å². The van der Waals surface area contributed by atoms with Crippen molar-refractivity contribution in [3.8, 4) is 0 Å². The average Bonchev–Trinajstić information content (AvgIpc) is 2.08. The van der Waals surface area contributed by atoms with E-state index in [0.29, 0.717) is 3.58 Å². The third-order valence-electron chi connectivity index (χ3n) is 1.21. The summed E-state index contributed by atoms with van der Waals surface area (Å²) in [6, 6.07) is 0. The van der Waals surface area contributed by atoms with Crippen LogP contribution in [0.5, 0.6) is 0 Å². The van der Waals surface area contributed by atoms with Crippen LogP contribution in [0.4, 0.5) is 0 Å². The van der Waals surface area contributed by atoms with E-state index in [-0.39, 0.29) is 12.9 Å². The molecule has 0 saturated carbocycles. The molecule has 1 aliphatic rings. The lowest BCUT2D eigenvalue weighted by Gasteiger charge is -2.09. The van der Waals surface area contributed by atoms with E-state index in [0.717, 1.165) is 0 Å². The summed E-state index contributed by atoms with van der Waals surface area (Å²) in [4.78, 5) is 22.4. The molecule has 0 bridgehead atoms. The van der Waals surface area contributed by atoms with E-state index in [1.54, 1.807) is 67.8 Å². The summed E-state index contributed by atoms with van der Waals surface area (Å²) in [7, 11) is 0. The first-order valence-corrected chi connectivity index (χ1v) is 5.94. The van der Waals surface area contributed by atoms with Gasteiger partial charge < -0.3 is 5.11 Å². The molecular weight excluding hydrogens is 501 g/mol. The minimum atomic E-state index is -0.469. The van der Waals surface area contributed by atoms with Crippen molar-refractivity contribution in [3.63, 3.8) is 0 Å². The monoisotopic (exact) mass is 502 g/mol. The second-order valence-electron chi connectivity index (χ2n) is 1.95. The van der Waals surface area contributed by atoms with Crippen LogP contribution in [0.2, 0.25) is 0 Å². The molecule has 3 nitrogen and oxygen atoms in total. The lowest BCUT2D eigenvalue weighted by atomic mass is 10.1. The largest absolute Gasteiger partial charge is 0.503 e. The van der Waals surface area contributed by atoms with Gasteiger partial charge in [-0.05, 0) is 67.8 Å².